The third-order valence-corrected chi connectivity index (χ3v) is 5.17. The minimum absolute atomic E-state index is 0.0398. The van der Waals surface area contributed by atoms with Gasteiger partial charge in [0.15, 0.2) is 0 Å². The molecule has 0 spiro atoms. The van der Waals surface area contributed by atoms with Gasteiger partial charge >= 0.3 is 0 Å². The van der Waals surface area contributed by atoms with E-state index in [2.05, 4.69) is 34.3 Å². The van der Waals surface area contributed by atoms with Crippen molar-refractivity contribution in [3.63, 3.8) is 0 Å². The van der Waals surface area contributed by atoms with Crippen molar-refractivity contribution in [2.75, 3.05) is 11.9 Å². The minimum atomic E-state index is -0.0398. The second kappa shape index (κ2) is 8.19. The van der Waals surface area contributed by atoms with Crippen molar-refractivity contribution in [1.29, 1.82) is 0 Å². The highest BCUT2D eigenvalue weighted by molar-refractivity contribution is 6.30. The van der Waals surface area contributed by atoms with Gasteiger partial charge in [-0.2, -0.15) is 0 Å². The lowest BCUT2D eigenvalue weighted by molar-refractivity contribution is 0.281. The molecule has 0 bridgehead atoms. The number of aromatic nitrogens is 2. The Hall–Kier alpha value is -2.95. The molecular weight excluding hydrogens is 382 g/mol. The van der Waals surface area contributed by atoms with Crippen LogP contribution in [0.2, 0.25) is 5.02 Å². The first-order valence-corrected chi connectivity index (χ1v) is 9.92. The summed E-state index contributed by atoms with van der Waals surface area (Å²) in [5, 5.41) is 14.3. The van der Waals surface area contributed by atoms with E-state index in [1.165, 1.54) is 0 Å². The summed E-state index contributed by atoms with van der Waals surface area (Å²) in [6.07, 6.45) is 1.89. The van der Waals surface area contributed by atoms with Crippen LogP contribution in [0.4, 0.5) is 5.82 Å². The molecule has 29 heavy (non-hydrogen) atoms. The highest BCUT2D eigenvalue weighted by Gasteiger charge is 2.08. The van der Waals surface area contributed by atoms with E-state index in [9.17, 15) is 5.11 Å². The molecule has 2 heterocycles. The van der Waals surface area contributed by atoms with Gasteiger partial charge in [-0.15, -0.1) is 0 Å². The lowest BCUT2D eigenvalue weighted by Gasteiger charge is -2.14. The monoisotopic (exact) mass is 403 g/mol. The number of rotatable bonds is 5. The number of aliphatic hydroxyl groups excluding tert-OH is 1. The van der Waals surface area contributed by atoms with E-state index in [0.29, 0.717) is 0 Å². The zero-order valence-electron chi connectivity index (χ0n) is 16.4. The smallest absolute Gasteiger partial charge is 0.127 e. The number of benzene rings is 2. The molecule has 2 aromatic heterocycles. The van der Waals surface area contributed by atoms with Crippen LogP contribution in [0.5, 0.6) is 0 Å². The van der Waals surface area contributed by atoms with Crippen LogP contribution < -0.4 is 5.32 Å². The van der Waals surface area contributed by atoms with Crippen molar-refractivity contribution >= 4 is 28.3 Å². The van der Waals surface area contributed by atoms with E-state index >= 15 is 0 Å². The summed E-state index contributed by atoms with van der Waals surface area (Å²) in [6, 6.07) is 20.0. The molecule has 4 aromatic rings. The van der Waals surface area contributed by atoms with Crippen LogP contribution in [0, 0.1) is 6.92 Å². The van der Waals surface area contributed by atoms with Gasteiger partial charge in [0.25, 0.3) is 0 Å². The molecule has 0 amide bonds. The number of pyridine rings is 2. The normalized spacial score (nSPS) is 12.1. The van der Waals surface area contributed by atoms with Crippen LogP contribution in [-0.2, 0) is 0 Å². The molecule has 0 fully saturated rings. The highest BCUT2D eigenvalue weighted by atomic mass is 35.5. The second-order valence-corrected chi connectivity index (χ2v) is 7.66. The van der Waals surface area contributed by atoms with Gasteiger partial charge in [-0.25, -0.2) is 4.98 Å². The first-order valence-electron chi connectivity index (χ1n) is 9.54. The average Bonchev–Trinajstić information content (AvgIpc) is 2.74. The Morgan fingerprint density at radius 2 is 1.69 bits per heavy atom. The molecule has 0 aliphatic heterocycles. The van der Waals surface area contributed by atoms with Crippen LogP contribution in [0.15, 0.2) is 66.9 Å². The highest BCUT2D eigenvalue weighted by Crippen LogP contribution is 2.28. The van der Waals surface area contributed by atoms with Gasteiger partial charge in [0, 0.05) is 33.8 Å². The summed E-state index contributed by atoms with van der Waals surface area (Å²) in [4.78, 5) is 9.32. The van der Waals surface area contributed by atoms with Gasteiger partial charge in [-0.3, -0.25) is 4.98 Å². The van der Waals surface area contributed by atoms with Crippen LogP contribution in [0.3, 0.4) is 0 Å². The Morgan fingerprint density at radius 3 is 2.38 bits per heavy atom. The van der Waals surface area contributed by atoms with Crippen LogP contribution >= 0.6 is 11.6 Å². The maximum Gasteiger partial charge on any atom is 0.127 e. The molecule has 0 unspecified atom stereocenters. The van der Waals surface area contributed by atoms with Gasteiger partial charge in [0.1, 0.15) is 5.82 Å². The fourth-order valence-corrected chi connectivity index (χ4v) is 3.43. The molecule has 4 nitrogen and oxygen atoms in total. The third kappa shape index (κ3) is 4.24. The Bertz CT molecular complexity index is 1140. The summed E-state index contributed by atoms with van der Waals surface area (Å²) in [5.74, 6) is 0.773. The van der Waals surface area contributed by atoms with Crippen LogP contribution in [0.1, 0.15) is 12.5 Å². The standard InChI is InChI=1S/C24H22ClN3O/c1-15-11-24(27-16(2)14-29)28-23-10-5-18(12-21(15)23)22-9-6-19(13-26-22)17-3-7-20(25)8-4-17/h3-13,16,29H,14H2,1-2H3,(H,27,28)/t16-/m0/s1. The third-order valence-electron chi connectivity index (χ3n) is 4.92. The number of aryl methyl sites for hydroxylation is 1. The molecule has 0 saturated carbocycles. The van der Waals surface area contributed by atoms with E-state index < -0.39 is 0 Å². The Balaban J connectivity index is 1.64. The van der Waals surface area contributed by atoms with E-state index in [0.717, 1.165) is 49.7 Å². The number of halogens is 1. The fraction of sp³-hybridized carbons (Fsp3) is 0.167. The Kier molecular flexibility index (Phi) is 5.47. The lowest BCUT2D eigenvalue weighted by Crippen LogP contribution is -2.20. The van der Waals surface area contributed by atoms with Crippen molar-refractivity contribution in [2.45, 2.75) is 19.9 Å². The summed E-state index contributed by atoms with van der Waals surface area (Å²) >= 11 is 5.97. The van der Waals surface area contributed by atoms with Crippen LogP contribution in [0.25, 0.3) is 33.3 Å². The SMILES string of the molecule is Cc1cc(N[C@@H](C)CO)nc2ccc(-c3ccc(-c4ccc(Cl)cc4)cn3)cc12. The number of fused-ring (bicyclic) bond motifs is 1. The second-order valence-electron chi connectivity index (χ2n) is 7.22. The van der Waals surface area contributed by atoms with Gasteiger partial charge in [0.2, 0.25) is 0 Å². The number of anilines is 1. The van der Waals surface area contributed by atoms with Crippen molar-refractivity contribution in [2.24, 2.45) is 0 Å². The van der Waals surface area contributed by atoms with Crippen molar-refractivity contribution in [1.82, 2.24) is 9.97 Å². The summed E-state index contributed by atoms with van der Waals surface area (Å²) in [7, 11) is 0. The zero-order chi connectivity index (χ0) is 20.4. The average molecular weight is 404 g/mol. The topological polar surface area (TPSA) is 58.0 Å². The molecule has 146 valence electrons. The summed E-state index contributed by atoms with van der Waals surface area (Å²) in [5.41, 5.74) is 6.15. The lowest BCUT2D eigenvalue weighted by atomic mass is 10.0. The number of nitrogens with one attached hydrogen (secondary N) is 1. The quantitative estimate of drug-likeness (QED) is 0.447. The number of hydrogen-bond acceptors (Lipinski definition) is 4. The van der Waals surface area contributed by atoms with E-state index in [1.807, 2.05) is 61.7 Å². The molecule has 1 atom stereocenters. The molecule has 2 N–H and O–H groups in total. The first-order chi connectivity index (χ1) is 14.0. The van der Waals surface area contributed by atoms with E-state index in [-0.39, 0.29) is 12.6 Å². The van der Waals surface area contributed by atoms with Crippen molar-refractivity contribution < 1.29 is 5.11 Å². The van der Waals surface area contributed by atoms with Crippen LogP contribution in [-0.4, -0.2) is 27.7 Å². The van der Waals surface area contributed by atoms with E-state index in [1.54, 1.807) is 0 Å². The predicted octanol–water partition coefficient (Wildman–Crippen LogP) is 5.72. The number of hydrogen-bond donors (Lipinski definition) is 2. The minimum Gasteiger partial charge on any atom is -0.394 e. The molecule has 0 aliphatic rings. The van der Waals surface area contributed by atoms with Crippen molar-refractivity contribution in [3.8, 4) is 22.4 Å². The van der Waals surface area contributed by atoms with E-state index in [4.69, 9.17) is 11.6 Å². The summed E-state index contributed by atoms with van der Waals surface area (Å²) < 4.78 is 0. The largest absolute Gasteiger partial charge is 0.394 e. The predicted molar refractivity (Wildman–Crippen MR) is 120 cm³/mol. The Labute approximate surface area is 175 Å². The number of nitrogens with zero attached hydrogens (tertiary/aromatic N) is 2. The van der Waals surface area contributed by atoms with Gasteiger partial charge in [-0.05, 0) is 61.4 Å². The molecule has 0 aliphatic carbocycles. The van der Waals surface area contributed by atoms with Crippen molar-refractivity contribution in [3.05, 3.63) is 77.4 Å². The zero-order valence-corrected chi connectivity index (χ0v) is 17.1. The molecule has 0 radical (unpaired) electrons. The molecular formula is C24H22ClN3O. The Morgan fingerprint density at radius 1 is 0.966 bits per heavy atom. The maximum atomic E-state index is 9.24. The summed E-state index contributed by atoms with van der Waals surface area (Å²) in [6.45, 7) is 4.05. The number of aliphatic hydroxyl groups is 1. The van der Waals surface area contributed by atoms with Gasteiger partial charge in [-0.1, -0.05) is 35.9 Å². The van der Waals surface area contributed by atoms with Gasteiger partial charge in [0.05, 0.1) is 17.8 Å². The fourth-order valence-electron chi connectivity index (χ4n) is 3.30. The molecule has 5 heteroatoms. The molecule has 0 saturated heterocycles. The maximum absolute atomic E-state index is 9.24. The van der Waals surface area contributed by atoms with Gasteiger partial charge < -0.3 is 10.4 Å². The first kappa shape index (κ1) is 19.4. The molecule has 4 rings (SSSR count). The molecule has 2 aromatic carbocycles.